The predicted octanol–water partition coefficient (Wildman–Crippen LogP) is 5.02. The Hall–Kier alpha value is -1.78. The van der Waals surface area contributed by atoms with Crippen molar-refractivity contribution in [3.63, 3.8) is 0 Å². The molecule has 1 atom stereocenters. The smallest absolute Gasteiger partial charge is 0.171 e. The highest BCUT2D eigenvalue weighted by atomic mass is 35.5. The molecular formula is C19H21ClN2OS. The molecule has 0 aromatic heterocycles. The minimum atomic E-state index is 0.223. The topological polar surface area (TPSA) is 33.3 Å². The summed E-state index contributed by atoms with van der Waals surface area (Å²) < 4.78 is 5.33. The standard InChI is InChI=1S/C19H21ClN2OS/c1-12-6-7-14(11-17(12)20)21-19(24)22-18-5-3-4-13-10-15(23-2)8-9-16(13)18/h6-11,18H,3-5H2,1-2H3,(H2,21,22,24). The highest BCUT2D eigenvalue weighted by Crippen LogP contribution is 2.32. The van der Waals surface area contributed by atoms with Gasteiger partial charge in [-0.3, -0.25) is 0 Å². The Morgan fingerprint density at radius 3 is 2.83 bits per heavy atom. The van der Waals surface area contributed by atoms with Crippen LogP contribution in [0.1, 0.15) is 35.6 Å². The highest BCUT2D eigenvalue weighted by Gasteiger charge is 2.21. The third-order valence-electron chi connectivity index (χ3n) is 4.40. The summed E-state index contributed by atoms with van der Waals surface area (Å²) in [6.07, 6.45) is 3.28. The molecule has 0 bridgehead atoms. The van der Waals surface area contributed by atoms with Crippen LogP contribution >= 0.6 is 23.8 Å². The first-order valence-corrected chi connectivity index (χ1v) is 8.86. The van der Waals surface area contributed by atoms with E-state index in [9.17, 15) is 0 Å². The van der Waals surface area contributed by atoms with Crippen molar-refractivity contribution in [3.8, 4) is 5.75 Å². The monoisotopic (exact) mass is 360 g/mol. The van der Waals surface area contributed by atoms with E-state index < -0.39 is 0 Å². The molecule has 5 heteroatoms. The number of anilines is 1. The van der Waals surface area contributed by atoms with Crippen LogP contribution in [0.25, 0.3) is 0 Å². The average Bonchev–Trinajstić information content (AvgIpc) is 2.58. The summed E-state index contributed by atoms with van der Waals surface area (Å²) in [5, 5.41) is 8.00. The maximum atomic E-state index is 6.17. The van der Waals surface area contributed by atoms with Crippen LogP contribution in [0.4, 0.5) is 5.69 Å². The second kappa shape index (κ2) is 7.41. The Morgan fingerprint density at radius 1 is 1.25 bits per heavy atom. The molecule has 0 fully saturated rings. The molecule has 0 saturated heterocycles. The summed E-state index contributed by atoms with van der Waals surface area (Å²) in [4.78, 5) is 0. The van der Waals surface area contributed by atoms with E-state index in [4.69, 9.17) is 28.6 Å². The van der Waals surface area contributed by atoms with E-state index in [0.29, 0.717) is 5.11 Å². The number of fused-ring (bicyclic) bond motifs is 1. The number of hydrogen-bond donors (Lipinski definition) is 2. The van der Waals surface area contributed by atoms with Gasteiger partial charge in [0.25, 0.3) is 0 Å². The Bertz CT molecular complexity index is 763. The fourth-order valence-corrected chi connectivity index (χ4v) is 3.50. The summed E-state index contributed by atoms with van der Waals surface area (Å²) in [7, 11) is 1.70. The van der Waals surface area contributed by atoms with Crippen LogP contribution in [0.2, 0.25) is 5.02 Å². The van der Waals surface area contributed by atoms with Crippen molar-refractivity contribution < 1.29 is 4.74 Å². The lowest BCUT2D eigenvalue weighted by molar-refractivity contribution is 0.412. The number of halogens is 1. The fraction of sp³-hybridized carbons (Fsp3) is 0.316. The molecule has 2 aromatic carbocycles. The third kappa shape index (κ3) is 3.82. The summed E-state index contributed by atoms with van der Waals surface area (Å²) >= 11 is 11.6. The van der Waals surface area contributed by atoms with E-state index in [1.807, 2.05) is 31.2 Å². The van der Waals surface area contributed by atoms with Crippen LogP contribution < -0.4 is 15.4 Å². The van der Waals surface area contributed by atoms with Crippen molar-refractivity contribution in [2.75, 3.05) is 12.4 Å². The van der Waals surface area contributed by atoms with Crippen molar-refractivity contribution in [2.45, 2.75) is 32.2 Å². The maximum absolute atomic E-state index is 6.17. The number of thiocarbonyl (C=S) groups is 1. The van der Waals surface area contributed by atoms with Crippen molar-refractivity contribution in [2.24, 2.45) is 0 Å². The van der Waals surface area contributed by atoms with Gasteiger partial charge in [0.1, 0.15) is 5.75 Å². The minimum Gasteiger partial charge on any atom is -0.497 e. The molecule has 1 unspecified atom stereocenters. The van der Waals surface area contributed by atoms with Crippen molar-refractivity contribution in [3.05, 3.63) is 58.1 Å². The summed E-state index contributed by atoms with van der Waals surface area (Å²) in [5.41, 5.74) is 4.58. The first-order chi connectivity index (χ1) is 11.6. The molecule has 3 nitrogen and oxygen atoms in total. The van der Waals surface area contributed by atoms with Crippen LogP contribution in [0.15, 0.2) is 36.4 Å². The normalized spacial score (nSPS) is 16.2. The molecule has 0 radical (unpaired) electrons. The number of methoxy groups -OCH3 is 1. The van der Waals surface area contributed by atoms with E-state index in [0.717, 1.165) is 41.3 Å². The molecule has 1 aliphatic rings. The predicted molar refractivity (Wildman–Crippen MR) is 104 cm³/mol. The van der Waals surface area contributed by atoms with Gasteiger partial charge in [-0.2, -0.15) is 0 Å². The number of aryl methyl sites for hydroxylation is 2. The summed E-state index contributed by atoms with van der Waals surface area (Å²) in [6.45, 7) is 1.98. The Balaban J connectivity index is 1.70. The van der Waals surface area contributed by atoms with Crippen LogP contribution in [0.3, 0.4) is 0 Å². The van der Waals surface area contributed by atoms with E-state index in [2.05, 4.69) is 22.8 Å². The molecule has 2 aromatic rings. The lowest BCUT2D eigenvalue weighted by Crippen LogP contribution is -2.34. The van der Waals surface area contributed by atoms with Crippen LogP contribution in [-0.2, 0) is 6.42 Å². The van der Waals surface area contributed by atoms with Gasteiger partial charge in [-0.15, -0.1) is 0 Å². The van der Waals surface area contributed by atoms with Gasteiger partial charge in [0.15, 0.2) is 5.11 Å². The number of ether oxygens (including phenoxy) is 1. The van der Waals surface area contributed by atoms with Gasteiger partial charge in [0, 0.05) is 10.7 Å². The molecule has 3 rings (SSSR count). The lowest BCUT2D eigenvalue weighted by atomic mass is 9.87. The zero-order valence-corrected chi connectivity index (χ0v) is 15.4. The van der Waals surface area contributed by atoms with Gasteiger partial charge in [-0.1, -0.05) is 23.7 Å². The van der Waals surface area contributed by atoms with Crippen LogP contribution in [-0.4, -0.2) is 12.2 Å². The fourth-order valence-electron chi connectivity index (χ4n) is 3.06. The van der Waals surface area contributed by atoms with Crippen molar-refractivity contribution >= 4 is 34.6 Å². The molecule has 0 saturated carbocycles. The van der Waals surface area contributed by atoms with E-state index in [1.54, 1.807) is 7.11 Å². The van der Waals surface area contributed by atoms with Gasteiger partial charge in [-0.05, 0) is 79.4 Å². The van der Waals surface area contributed by atoms with Crippen LogP contribution in [0, 0.1) is 6.92 Å². The third-order valence-corrected chi connectivity index (χ3v) is 5.03. The number of benzene rings is 2. The molecule has 2 N–H and O–H groups in total. The van der Waals surface area contributed by atoms with Gasteiger partial charge >= 0.3 is 0 Å². The maximum Gasteiger partial charge on any atom is 0.171 e. The quantitative estimate of drug-likeness (QED) is 0.753. The van der Waals surface area contributed by atoms with E-state index in [1.165, 1.54) is 11.1 Å². The zero-order chi connectivity index (χ0) is 17.1. The van der Waals surface area contributed by atoms with E-state index >= 15 is 0 Å². The molecule has 24 heavy (non-hydrogen) atoms. The molecule has 0 spiro atoms. The Kier molecular flexibility index (Phi) is 5.27. The summed E-state index contributed by atoms with van der Waals surface area (Å²) in [6, 6.07) is 12.3. The highest BCUT2D eigenvalue weighted by molar-refractivity contribution is 7.80. The molecule has 126 valence electrons. The summed E-state index contributed by atoms with van der Waals surface area (Å²) in [5.74, 6) is 0.907. The Morgan fingerprint density at radius 2 is 2.08 bits per heavy atom. The molecular weight excluding hydrogens is 340 g/mol. The van der Waals surface area contributed by atoms with Crippen molar-refractivity contribution in [1.29, 1.82) is 0 Å². The lowest BCUT2D eigenvalue weighted by Gasteiger charge is -2.28. The van der Waals surface area contributed by atoms with Gasteiger partial charge in [0.05, 0.1) is 13.2 Å². The zero-order valence-electron chi connectivity index (χ0n) is 13.9. The number of nitrogens with one attached hydrogen (secondary N) is 2. The SMILES string of the molecule is COc1ccc2c(c1)CCCC2NC(=S)Nc1ccc(C)c(Cl)c1. The number of hydrogen-bond acceptors (Lipinski definition) is 2. The first kappa shape index (κ1) is 17.1. The average molecular weight is 361 g/mol. The van der Waals surface area contributed by atoms with Crippen LogP contribution in [0.5, 0.6) is 5.75 Å². The van der Waals surface area contributed by atoms with Gasteiger partial charge < -0.3 is 15.4 Å². The Labute approximate surface area is 153 Å². The molecule has 0 heterocycles. The van der Waals surface area contributed by atoms with Crippen molar-refractivity contribution in [1.82, 2.24) is 5.32 Å². The molecule has 0 aliphatic heterocycles. The van der Waals surface area contributed by atoms with Gasteiger partial charge in [0.2, 0.25) is 0 Å². The second-order valence-corrected chi connectivity index (χ2v) is 6.89. The second-order valence-electron chi connectivity index (χ2n) is 6.07. The largest absolute Gasteiger partial charge is 0.497 e. The first-order valence-electron chi connectivity index (χ1n) is 8.07. The number of rotatable bonds is 3. The van der Waals surface area contributed by atoms with Gasteiger partial charge in [-0.25, -0.2) is 0 Å². The molecule has 0 amide bonds. The molecule has 1 aliphatic carbocycles. The minimum absolute atomic E-state index is 0.223. The van der Waals surface area contributed by atoms with E-state index in [-0.39, 0.29) is 6.04 Å².